The van der Waals surface area contributed by atoms with Crippen molar-refractivity contribution < 1.29 is 4.79 Å². The fourth-order valence-corrected chi connectivity index (χ4v) is 3.13. The Labute approximate surface area is 175 Å². The van der Waals surface area contributed by atoms with Crippen LogP contribution >= 0.6 is 24.0 Å². The number of hydrogen-bond donors (Lipinski definition) is 2. The summed E-state index contributed by atoms with van der Waals surface area (Å²) < 4.78 is 0. The second kappa shape index (κ2) is 12.1. The van der Waals surface area contributed by atoms with E-state index in [1.807, 2.05) is 18.2 Å². The van der Waals surface area contributed by atoms with Crippen LogP contribution in [0.15, 0.2) is 35.3 Å². The van der Waals surface area contributed by atoms with Crippen molar-refractivity contribution in [3.05, 3.63) is 35.9 Å². The number of carbonyl (C=O) groups excluding carboxylic acids is 1. The van der Waals surface area contributed by atoms with Crippen LogP contribution < -0.4 is 10.6 Å². The predicted molar refractivity (Wildman–Crippen MR) is 119 cm³/mol. The maximum Gasteiger partial charge on any atom is 0.241 e. The largest absolute Gasteiger partial charge is 0.354 e. The van der Waals surface area contributed by atoms with Crippen molar-refractivity contribution in [1.82, 2.24) is 15.5 Å². The molecule has 1 aromatic rings. The highest BCUT2D eigenvalue weighted by Gasteiger charge is 2.20. The molecule has 0 atom stereocenters. The lowest BCUT2D eigenvalue weighted by Gasteiger charge is -2.29. The van der Waals surface area contributed by atoms with Gasteiger partial charge in [0, 0.05) is 20.1 Å². The number of carbonyl (C=O) groups is 1. The number of guanidine groups is 1. The van der Waals surface area contributed by atoms with Crippen molar-refractivity contribution in [2.45, 2.75) is 51.6 Å². The Kier molecular flexibility index (Phi) is 10.6. The number of hydrogen-bond acceptors (Lipinski definition) is 2. The van der Waals surface area contributed by atoms with E-state index in [0.29, 0.717) is 12.6 Å². The fourth-order valence-electron chi connectivity index (χ4n) is 3.13. The molecule has 0 aliphatic heterocycles. The monoisotopic (exact) mass is 472 g/mol. The first kappa shape index (κ1) is 22.7. The van der Waals surface area contributed by atoms with Gasteiger partial charge >= 0.3 is 0 Å². The second-order valence-electron chi connectivity index (χ2n) is 7.06. The van der Waals surface area contributed by atoms with Crippen molar-refractivity contribution in [2.75, 3.05) is 20.6 Å². The average Bonchev–Trinajstić information content (AvgIpc) is 2.65. The molecule has 0 aromatic heterocycles. The van der Waals surface area contributed by atoms with E-state index in [4.69, 9.17) is 0 Å². The summed E-state index contributed by atoms with van der Waals surface area (Å²) in [6.45, 7) is 3.15. The summed E-state index contributed by atoms with van der Waals surface area (Å²) in [5, 5.41) is 6.72. The zero-order chi connectivity index (χ0) is 18.1. The first-order chi connectivity index (χ1) is 12.1. The molecule has 1 aromatic carbocycles. The van der Waals surface area contributed by atoms with Gasteiger partial charge < -0.3 is 15.5 Å². The van der Waals surface area contributed by atoms with Gasteiger partial charge in [-0.3, -0.25) is 4.79 Å². The predicted octanol–water partition coefficient (Wildman–Crippen LogP) is 3.40. The molecule has 26 heavy (non-hydrogen) atoms. The molecule has 1 aliphatic rings. The number of amides is 1. The van der Waals surface area contributed by atoms with Gasteiger partial charge in [-0.25, -0.2) is 4.99 Å². The first-order valence-corrected chi connectivity index (χ1v) is 9.37. The minimum Gasteiger partial charge on any atom is -0.354 e. The third-order valence-electron chi connectivity index (χ3n) is 4.93. The van der Waals surface area contributed by atoms with Crippen LogP contribution in [0.3, 0.4) is 0 Å². The summed E-state index contributed by atoms with van der Waals surface area (Å²) in [6.07, 6.45) is 6.17. The Hall–Kier alpha value is -1.31. The molecule has 1 aliphatic carbocycles. The topological polar surface area (TPSA) is 56.7 Å². The Morgan fingerprint density at radius 1 is 1.15 bits per heavy atom. The number of halogens is 1. The quantitative estimate of drug-likeness (QED) is 0.379. The molecule has 2 N–H and O–H groups in total. The number of likely N-dealkylation sites (N-methyl/N-ethyl adjacent to an activating group) is 1. The van der Waals surface area contributed by atoms with Gasteiger partial charge in [0.25, 0.3) is 0 Å². The number of aliphatic imine (C=N–C) groups is 1. The molecule has 2 rings (SSSR count). The van der Waals surface area contributed by atoms with Crippen LogP contribution in [-0.2, 0) is 11.3 Å². The highest BCUT2D eigenvalue weighted by molar-refractivity contribution is 14.0. The summed E-state index contributed by atoms with van der Waals surface area (Å²) in [5.74, 6) is 1.65. The molecule has 0 spiro atoms. The van der Waals surface area contributed by atoms with Crippen LogP contribution in [0.1, 0.15) is 44.6 Å². The van der Waals surface area contributed by atoms with Gasteiger partial charge in [0.2, 0.25) is 5.91 Å². The minimum atomic E-state index is 0. The van der Waals surface area contributed by atoms with Gasteiger partial charge in [0.1, 0.15) is 0 Å². The SMILES string of the molecule is CCC1CCC(NC(=NCc2ccccc2)NCC(=O)N(C)C)CC1.I. The third-order valence-corrected chi connectivity index (χ3v) is 4.93. The molecule has 6 heteroatoms. The number of nitrogens with one attached hydrogen (secondary N) is 2. The smallest absolute Gasteiger partial charge is 0.241 e. The summed E-state index contributed by atoms with van der Waals surface area (Å²) in [4.78, 5) is 18.1. The van der Waals surface area contributed by atoms with Crippen molar-refractivity contribution in [3.63, 3.8) is 0 Å². The second-order valence-corrected chi connectivity index (χ2v) is 7.06. The number of nitrogens with zero attached hydrogens (tertiary/aromatic N) is 2. The standard InChI is InChI=1S/C20H32N4O.HI/c1-4-16-10-12-18(13-11-16)23-20(22-15-19(25)24(2)3)21-14-17-8-6-5-7-9-17;/h5-9,16,18H,4,10-15H2,1-3H3,(H2,21,22,23);1H. The lowest BCUT2D eigenvalue weighted by Crippen LogP contribution is -2.47. The van der Waals surface area contributed by atoms with Crippen molar-refractivity contribution in [1.29, 1.82) is 0 Å². The first-order valence-electron chi connectivity index (χ1n) is 9.37. The Morgan fingerprint density at radius 2 is 1.81 bits per heavy atom. The molecule has 0 saturated heterocycles. The van der Waals surface area contributed by atoms with Crippen LogP contribution in [-0.4, -0.2) is 43.4 Å². The van der Waals surface area contributed by atoms with Crippen LogP contribution in [0.2, 0.25) is 0 Å². The van der Waals surface area contributed by atoms with E-state index in [9.17, 15) is 4.79 Å². The van der Waals surface area contributed by atoms with E-state index < -0.39 is 0 Å². The molecule has 1 fully saturated rings. The lowest BCUT2D eigenvalue weighted by molar-refractivity contribution is -0.127. The molecule has 0 bridgehead atoms. The lowest BCUT2D eigenvalue weighted by atomic mass is 9.84. The average molecular weight is 472 g/mol. The van der Waals surface area contributed by atoms with Crippen LogP contribution in [0.4, 0.5) is 0 Å². The zero-order valence-corrected chi connectivity index (χ0v) is 18.5. The van der Waals surface area contributed by atoms with E-state index in [0.717, 1.165) is 17.4 Å². The zero-order valence-electron chi connectivity index (χ0n) is 16.2. The molecule has 1 amide bonds. The molecule has 5 nitrogen and oxygen atoms in total. The van der Waals surface area contributed by atoms with E-state index in [1.54, 1.807) is 19.0 Å². The maximum atomic E-state index is 11.9. The highest BCUT2D eigenvalue weighted by Crippen LogP contribution is 2.26. The van der Waals surface area contributed by atoms with Crippen molar-refractivity contribution in [2.24, 2.45) is 10.9 Å². The molecule has 146 valence electrons. The van der Waals surface area contributed by atoms with Gasteiger partial charge in [0.05, 0.1) is 13.1 Å². The molecular formula is C20H33IN4O. The number of benzene rings is 1. The minimum absolute atomic E-state index is 0. The van der Waals surface area contributed by atoms with E-state index >= 15 is 0 Å². The van der Waals surface area contributed by atoms with E-state index in [1.165, 1.54) is 32.1 Å². The maximum absolute atomic E-state index is 11.9. The van der Waals surface area contributed by atoms with Crippen LogP contribution in [0, 0.1) is 5.92 Å². The van der Waals surface area contributed by atoms with Gasteiger partial charge in [-0.05, 0) is 37.2 Å². The molecule has 0 radical (unpaired) electrons. The fraction of sp³-hybridized carbons (Fsp3) is 0.600. The highest BCUT2D eigenvalue weighted by atomic mass is 127. The Morgan fingerprint density at radius 3 is 2.38 bits per heavy atom. The van der Waals surface area contributed by atoms with Gasteiger partial charge in [-0.2, -0.15) is 0 Å². The molecular weight excluding hydrogens is 439 g/mol. The summed E-state index contributed by atoms with van der Waals surface area (Å²) >= 11 is 0. The normalized spacial score (nSPS) is 20.0. The number of rotatable bonds is 6. The summed E-state index contributed by atoms with van der Waals surface area (Å²) in [6, 6.07) is 10.6. The van der Waals surface area contributed by atoms with Crippen LogP contribution in [0.5, 0.6) is 0 Å². The molecule has 1 saturated carbocycles. The van der Waals surface area contributed by atoms with E-state index in [-0.39, 0.29) is 36.4 Å². The third kappa shape index (κ3) is 7.93. The van der Waals surface area contributed by atoms with Crippen LogP contribution in [0.25, 0.3) is 0 Å². The Balaban J connectivity index is 0.00000338. The summed E-state index contributed by atoms with van der Waals surface area (Å²) in [7, 11) is 3.54. The van der Waals surface area contributed by atoms with Gasteiger partial charge in [-0.15, -0.1) is 24.0 Å². The summed E-state index contributed by atoms with van der Waals surface area (Å²) in [5.41, 5.74) is 1.16. The van der Waals surface area contributed by atoms with Gasteiger partial charge in [-0.1, -0.05) is 43.7 Å². The van der Waals surface area contributed by atoms with Gasteiger partial charge in [0.15, 0.2) is 5.96 Å². The van der Waals surface area contributed by atoms with Crippen molar-refractivity contribution in [3.8, 4) is 0 Å². The van der Waals surface area contributed by atoms with E-state index in [2.05, 4.69) is 34.7 Å². The van der Waals surface area contributed by atoms with Crippen molar-refractivity contribution >= 4 is 35.8 Å². The Bertz CT molecular complexity index is 554. The molecule has 0 unspecified atom stereocenters. The molecule has 0 heterocycles.